The van der Waals surface area contributed by atoms with Crippen LogP contribution in [0.25, 0.3) is 11.3 Å². The lowest BCUT2D eigenvalue weighted by Crippen LogP contribution is -2.28. The second kappa shape index (κ2) is 8.45. The van der Waals surface area contributed by atoms with E-state index in [-0.39, 0.29) is 24.4 Å². The lowest BCUT2D eigenvalue weighted by molar-refractivity contribution is -0.116. The molecule has 0 spiro atoms. The molecule has 0 saturated carbocycles. The van der Waals surface area contributed by atoms with Crippen molar-refractivity contribution in [1.82, 2.24) is 14.9 Å². The van der Waals surface area contributed by atoms with Gasteiger partial charge in [0.1, 0.15) is 17.3 Å². The van der Waals surface area contributed by atoms with Gasteiger partial charge in [0.25, 0.3) is 5.91 Å². The van der Waals surface area contributed by atoms with Gasteiger partial charge in [0.2, 0.25) is 5.91 Å². The lowest BCUT2D eigenvalue weighted by atomic mass is 10.1. The van der Waals surface area contributed by atoms with Crippen LogP contribution in [0.2, 0.25) is 0 Å². The molecule has 2 amide bonds. The third-order valence-corrected chi connectivity index (χ3v) is 4.14. The molecule has 138 valence electrons. The summed E-state index contributed by atoms with van der Waals surface area (Å²) in [6.45, 7) is 0.0179. The SMILES string of the molecule is O=C(CCNC(=O)c1ccc(F)cc1F)Nc1ccc(-c2csnn2)cc1. The summed E-state index contributed by atoms with van der Waals surface area (Å²) in [5.74, 6) is -2.73. The third-order valence-electron chi connectivity index (χ3n) is 3.64. The summed E-state index contributed by atoms with van der Waals surface area (Å²) in [6, 6.07) is 9.78. The summed E-state index contributed by atoms with van der Waals surface area (Å²) >= 11 is 1.25. The molecule has 27 heavy (non-hydrogen) atoms. The second-order valence-electron chi connectivity index (χ2n) is 5.55. The largest absolute Gasteiger partial charge is 0.351 e. The highest BCUT2D eigenvalue weighted by molar-refractivity contribution is 7.03. The van der Waals surface area contributed by atoms with Crippen LogP contribution < -0.4 is 10.6 Å². The Kier molecular flexibility index (Phi) is 5.82. The summed E-state index contributed by atoms with van der Waals surface area (Å²) in [6.07, 6.45) is 0.00626. The van der Waals surface area contributed by atoms with Crippen molar-refractivity contribution in [3.63, 3.8) is 0 Å². The van der Waals surface area contributed by atoms with Crippen LogP contribution in [0, 0.1) is 11.6 Å². The van der Waals surface area contributed by atoms with Crippen molar-refractivity contribution in [2.45, 2.75) is 6.42 Å². The molecule has 3 rings (SSSR count). The van der Waals surface area contributed by atoms with Gasteiger partial charge in [-0.3, -0.25) is 9.59 Å². The molecule has 1 heterocycles. The molecule has 0 bridgehead atoms. The van der Waals surface area contributed by atoms with Crippen LogP contribution >= 0.6 is 11.5 Å². The maximum atomic E-state index is 13.5. The molecule has 1 aromatic heterocycles. The number of amides is 2. The molecule has 6 nitrogen and oxygen atoms in total. The highest BCUT2D eigenvalue weighted by Gasteiger charge is 2.12. The highest BCUT2D eigenvalue weighted by Crippen LogP contribution is 2.20. The summed E-state index contributed by atoms with van der Waals surface area (Å²) in [5.41, 5.74) is 1.97. The summed E-state index contributed by atoms with van der Waals surface area (Å²) in [7, 11) is 0. The van der Waals surface area contributed by atoms with Gasteiger partial charge in [0.15, 0.2) is 0 Å². The zero-order valence-electron chi connectivity index (χ0n) is 13.9. The number of halogens is 2. The quantitative estimate of drug-likeness (QED) is 0.679. The van der Waals surface area contributed by atoms with Crippen LogP contribution in [0.15, 0.2) is 47.8 Å². The van der Waals surface area contributed by atoms with Crippen LogP contribution in [0.3, 0.4) is 0 Å². The molecule has 0 saturated heterocycles. The van der Waals surface area contributed by atoms with E-state index in [1.807, 2.05) is 17.5 Å². The van der Waals surface area contributed by atoms with Gasteiger partial charge >= 0.3 is 0 Å². The molecule has 0 atom stereocenters. The van der Waals surface area contributed by atoms with Crippen molar-refractivity contribution in [2.75, 3.05) is 11.9 Å². The molecule has 2 aromatic carbocycles. The Labute approximate surface area is 157 Å². The minimum atomic E-state index is -0.952. The molecule has 0 aliphatic rings. The van der Waals surface area contributed by atoms with Gasteiger partial charge in [-0.05, 0) is 35.8 Å². The highest BCUT2D eigenvalue weighted by atomic mass is 32.1. The van der Waals surface area contributed by atoms with Gasteiger partial charge in [0.05, 0.1) is 5.56 Å². The van der Waals surface area contributed by atoms with Crippen LogP contribution in [-0.4, -0.2) is 27.9 Å². The number of hydrogen-bond donors (Lipinski definition) is 2. The molecule has 0 aliphatic heterocycles. The van der Waals surface area contributed by atoms with Gasteiger partial charge in [-0.25, -0.2) is 8.78 Å². The molecular weight excluding hydrogens is 374 g/mol. The Hall–Kier alpha value is -3.20. The zero-order chi connectivity index (χ0) is 19.2. The molecule has 9 heteroatoms. The predicted octanol–water partition coefficient (Wildman–Crippen LogP) is 3.24. The van der Waals surface area contributed by atoms with Crippen molar-refractivity contribution in [2.24, 2.45) is 0 Å². The zero-order valence-corrected chi connectivity index (χ0v) is 14.7. The second-order valence-corrected chi connectivity index (χ2v) is 6.16. The number of rotatable bonds is 6. The number of hydrogen-bond acceptors (Lipinski definition) is 5. The predicted molar refractivity (Wildman–Crippen MR) is 97.3 cm³/mol. The van der Waals surface area contributed by atoms with Crippen LogP contribution in [0.1, 0.15) is 16.8 Å². The Morgan fingerprint density at radius 1 is 1.07 bits per heavy atom. The van der Waals surface area contributed by atoms with Crippen molar-refractivity contribution in [3.8, 4) is 11.3 Å². The van der Waals surface area contributed by atoms with E-state index < -0.39 is 17.5 Å². The molecule has 0 aliphatic carbocycles. The van der Waals surface area contributed by atoms with Gasteiger partial charge in [-0.2, -0.15) is 0 Å². The molecule has 0 radical (unpaired) electrons. The summed E-state index contributed by atoms with van der Waals surface area (Å²) in [5, 5.41) is 10.9. The minimum Gasteiger partial charge on any atom is -0.351 e. The van der Waals surface area contributed by atoms with E-state index in [9.17, 15) is 18.4 Å². The molecule has 3 aromatic rings. The normalized spacial score (nSPS) is 10.4. The van der Waals surface area contributed by atoms with E-state index in [0.717, 1.165) is 23.4 Å². The van der Waals surface area contributed by atoms with Crippen LogP contribution in [0.4, 0.5) is 14.5 Å². The van der Waals surface area contributed by atoms with Crippen molar-refractivity contribution >= 4 is 29.0 Å². The maximum absolute atomic E-state index is 13.5. The number of nitrogens with zero attached hydrogens (tertiary/aromatic N) is 2. The number of carbonyl (C=O) groups excluding carboxylic acids is 2. The van der Waals surface area contributed by atoms with Crippen molar-refractivity contribution in [3.05, 3.63) is 65.0 Å². The summed E-state index contributed by atoms with van der Waals surface area (Å²) in [4.78, 5) is 23.8. The van der Waals surface area contributed by atoms with E-state index in [1.165, 1.54) is 11.5 Å². The number of carbonyl (C=O) groups is 2. The molecular formula is C18H14F2N4O2S. The molecule has 0 fully saturated rings. The third kappa shape index (κ3) is 4.91. The first-order valence-electron chi connectivity index (χ1n) is 7.93. The van der Waals surface area contributed by atoms with E-state index in [0.29, 0.717) is 11.8 Å². The van der Waals surface area contributed by atoms with Crippen molar-refractivity contribution in [1.29, 1.82) is 0 Å². The number of benzene rings is 2. The Balaban J connectivity index is 1.47. The van der Waals surface area contributed by atoms with E-state index in [2.05, 4.69) is 20.2 Å². The Morgan fingerprint density at radius 3 is 2.52 bits per heavy atom. The van der Waals surface area contributed by atoms with E-state index >= 15 is 0 Å². The van der Waals surface area contributed by atoms with E-state index in [4.69, 9.17) is 0 Å². The van der Waals surface area contributed by atoms with Gasteiger partial charge in [-0.1, -0.05) is 16.6 Å². The number of anilines is 1. The summed E-state index contributed by atoms with van der Waals surface area (Å²) < 4.78 is 30.2. The molecule has 2 N–H and O–H groups in total. The maximum Gasteiger partial charge on any atom is 0.254 e. The van der Waals surface area contributed by atoms with Crippen LogP contribution in [-0.2, 0) is 4.79 Å². The fraction of sp³-hybridized carbons (Fsp3) is 0.111. The smallest absolute Gasteiger partial charge is 0.254 e. The van der Waals surface area contributed by atoms with Gasteiger partial charge in [0, 0.05) is 35.7 Å². The van der Waals surface area contributed by atoms with Gasteiger partial charge < -0.3 is 10.6 Å². The first-order valence-corrected chi connectivity index (χ1v) is 8.77. The molecule has 0 unspecified atom stereocenters. The minimum absolute atomic E-state index is 0.00626. The average Bonchev–Trinajstić information content (AvgIpc) is 3.17. The average molecular weight is 388 g/mol. The van der Waals surface area contributed by atoms with Gasteiger partial charge in [-0.15, -0.1) is 5.10 Å². The van der Waals surface area contributed by atoms with E-state index in [1.54, 1.807) is 12.1 Å². The number of aromatic nitrogens is 2. The Morgan fingerprint density at radius 2 is 1.85 bits per heavy atom. The number of nitrogens with one attached hydrogen (secondary N) is 2. The first kappa shape index (κ1) is 18.6. The van der Waals surface area contributed by atoms with Crippen molar-refractivity contribution < 1.29 is 18.4 Å². The lowest BCUT2D eigenvalue weighted by Gasteiger charge is -2.08. The fourth-order valence-corrected chi connectivity index (χ4v) is 2.76. The Bertz CT molecular complexity index is 947. The monoisotopic (exact) mass is 388 g/mol. The first-order chi connectivity index (χ1) is 13.0. The standard InChI is InChI=1S/C18H14F2N4O2S/c19-12-3-6-14(15(20)9-12)18(26)21-8-7-17(25)22-13-4-1-11(2-5-13)16-10-27-24-23-16/h1-6,9-10H,7-8H2,(H,21,26)(H,22,25). The fourth-order valence-electron chi connectivity index (χ4n) is 2.30. The van der Waals surface area contributed by atoms with Crippen LogP contribution in [0.5, 0.6) is 0 Å². The topological polar surface area (TPSA) is 84.0 Å².